The molecule has 23 heavy (non-hydrogen) atoms. The standard InChI is InChI=1S/C19H18N2O2/c1-13-10-14(2)21(19(22)11-13)20-12-15-8-9-18(23-3)17-7-5-4-6-16(15)17/h4-12H,1-3H3. The van der Waals surface area contributed by atoms with E-state index >= 15 is 0 Å². The molecular formula is C19H18N2O2. The van der Waals surface area contributed by atoms with Crippen LogP contribution in [0.2, 0.25) is 0 Å². The second kappa shape index (κ2) is 6.08. The van der Waals surface area contributed by atoms with Crippen molar-refractivity contribution >= 4 is 17.0 Å². The molecule has 116 valence electrons. The van der Waals surface area contributed by atoms with E-state index in [2.05, 4.69) is 5.10 Å². The molecule has 0 aliphatic carbocycles. The van der Waals surface area contributed by atoms with Crippen molar-refractivity contribution in [2.24, 2.45) is 5.10 Å². The summed E-state index contributed by atoms with van der Waals surface area (Å²) in [7, 11) is 1.66. The van der Waals surface area contributed by atoms with E-state index in [0.29, 0.717) is 0 Å². The van der Waals surface area contributed by atoms with Gasteiger partial charge in [-0.3, -0.25) is 4.79 Å². The lowest BCUT2D eigenvalue weighted by Crippen LogP contribution is -2.18. The molecule has 0 unspecified atom stereocenters. The fourth-order valence-corrected chi connectivity index (χ4v) is 2.72. The first-order valence-electron chi connectivity index (χ1n) is 7.40. The molecule has 0 fully saturated rings. The Morgan fingerprint density at radius 1 is 1.04 bits per heavy atom. The van der Waals surface area contributed by atoms with E-state index < -0.39 is 0 Å². The van der Waals surface area contributed by atoms with E-state index in [4.69, 9.17) is 4.74 Å². The number of benzene rings is 2. The highest BCUT2D eigenvalue weighted by Crippen LogP contribution is 2.27. The van der Waals surface area contributed by atoms with Crippen molar-refractivity contribution in [1.29, 1.82) is 0 Å². The number of hydrogen-bond acceptors (Lipinski definition) is 3. The van der Waals surface area contributed by atoms with Crippen LogP contribution < -0.4 is 10.3 Å². The van der Waals surface area contributed by atoms with Crippen molar-refractivity contribution in [3.63, 3.8) is 0 Å². The molecule has 1 heterocycles. The molecule has 0 radical (unpaired) electrons. The molecule has 3 rings (SSSR count). The van der Waals surface area contributed by atoms with Crippen LogP contribution >= 0.6 is 0 Å². The van der Waals surface area contributed by atoms with E-state index in [0.717, 1.165) is 33.3 Å². The first kappa shape index (κ1) is 15.0. The van der Waals surface area contributed by atoms with Gasteiger partial charge in [-0.15, -0.1) is 0 Å². The van der Waals surface area contributed by atoms with Crippen molar-refractivity contribution < 1.29 is 4.74 Å². The Kier molecular flexibility index (Phi) is 3.98. The van der Waals surface area contributed by atoms with Crippen LogP contribution in [0.1, 0.15) is 16.8 Å². The van der Waals surface area contributed by atoms with E-state index in [1.807, 2.05) is 56.3 Å². The number of methoxy groups -OCH3 is 1. The van der Waals surface area contributed by atoms with Crippen LogP contribution in [0.4, 0.5) is 0 Å². The van der Waals surface area contributed by atoms with Crippen LogP contribution in [0.3, 0.4) is 0 Å². The number of aryl methyl sites for hydroxylation is 2. The van der Waals surface area contributed by atoms with Gasteiger partial charge in [0.05, 0.1) is 13.3 Å². The number of rotatable bonds is 3. The van der Waals surface area contributed by atoms with E-state index in [1.165, 1.54) is 4.68 Å². The highest BCUT2D eigenvalue weighted by molar-refractivity contribution is 6.02. The minimum atomic E-state index is -0.128. The summed E-state index contributed by atoms with van der Waals surface area (Å²) < 4.78 is 6.81. The van der Waals surface area contributed by atoms with Gasteiger partial charge in [0, 0.05) is 22.7 Å². The van der Waals surface area contributed by atoms with Crippen LogP contribution in [0.5, 0.6) is 5.75 Å². The van der Waals surface area contributed by atoms with Crippen molar-refractivity contribution in [1.82, 2.24) is 4.68 Å². The summed E-state index contributed by atoms with van der Waals surface area (Å²) in [6.45, 7) is 3.78. The Morgan fingerprint density at radius 3 is 2.48 bits per heavy atom. The van der Waals surface area contributed by atoms with Gasteiger partial charge in [0.1, 0.15) is 5.75 Å². The Bertz CT molecular complexity index is 955. The molecule has 1 aromatic heterocycles. The number of nitrogens with zero attached hydrogens (tertiary/aromatic N) is 2. The Balaban J connectivity index is 2.11. The average molecular weight is 306 g/mol. The number of hydrogen-bond donors (Lipinski definition) is 0. The molecule has 4 heteroatoms. The second-order valence-electron chi connectivity index (χ2n) is 5.47. The molecule has 0 bridgehead atoms. The third kappa shape index (κ3) is 2.88. The second-order valence-corrected chi connectivity index (χ2v) is 5.47. The summed E-state index contributed by atoms with van der Waals surface area (Å²) in [6.07, 6.45) is 1.71. The van der Waals surface area contributed by atoms with Crippen LogP contribution in [0, 0.1) is 13.8 Å². The van der Waals surface area contributed by atoms with Gasteiger partial charge in [0.25, 0.3) is 5.56 Å². The number of ether oxygens (including phenoxy) is 1. The van der Waals surface area contributed by atoms with Gasteiger partial charge >= 0.3 is 0 Å². The molecule has 0 atom stereocenters. The van der Waals surface area contributed by atoms with E-state index in [1.54, 1.807) is 19.4 Å². The number of aromatic nitrogens is 1. The fraction of sp³-hybridized carbons (Fsp3) is 0.158. The van der Waals surface area contributed by atoms with Crippen molar-refractivity contribution in [3.8, 4) is 5.75 Å². The fourth-order valence-electron chi connectivity index (χ4n) is 2.72. The smallest absolute Gasteiger partial charge is 0.271 e. The first-order chi connectivity index (χ1) is 11.1. The summed E-state index contributed by atoms with van der Waals surface area (Å²) in [5.74, 6) is 0.821. The van der Waals surface area contributed by atoms with Gasteiger partial charge in [-0.1, -0.05) is 24.3 Å². The highest BCUT2D eigenvalue weighted by Gasteiger charge is 2.05. The summed E-state index contributed by atoms with van der Waals surface area (Å²) in [6, 6.07) is 15.3. The normalized spacial score (nSPS) is 11.3. The Hall–Kier alpha value is -2.88. The molecule has 0 saturated carbocycles. The lowest BCUT2D eigenvalue weighted by Gasteiger charge is -2.08. The Labute approximate surface area is 134 Å². The van der Waals surface area contributed by atoms with Gasteiger partial charge in [-0.25, -0.2) is 4.68 Å². The van der Waals surface area contributed by atoms with Crippen LogP contribution in [-0.2, 0) is 0 Å². The monoisotopic (exact) mass is 306 g/mol. The van der Waals surface area contributed by atoms with Gasteiger partial charge in [-0.05, 0) is 43.0 Å². The zero-order chi connectivity index (χ0) is 16.4. The summed E-state index contributed by atoms with van der Waals surface area (Å²) >= 11 is 0. The van der Waals surface area contributed by atoms with Crippen LogP contribution in [0.25, 0.3) is 10.8 Å². The maximum absolute atomic E-state index is 12.1. The minimum absolute atomic E-state index is 0.128. The van der Waals surface area contributed by atoms with Gasteiger partial charge < -0.3 is 4.74 Å². The van der Waals surface area contributed by atoms with E-state index in [-0.39, 0.29) is 5.56 Å². The zero-order valence-corrected chi connectivity index (χ0v) is 13.4. The molecule has 0 amide bonds. The third-order valence-electron chi connectivity index (χ3n) is 3.78. The zero-order valence-electron chi connectivity index (χ0n) is 13.4. The minimum Gasteiger partial charge on any atom is -0.496 e. The molecule has 0 aliphatic rings. The molecule has 3 aromatic rings. The van der Waals surface area contributed by atoms with Crippen LogP contribution in [0.15, 0.2) is 58.4 Å². The topological polar surface area (TPSA) is 43.6 Å². The lowest BCUT2D eigenvalue weighted by molar-refractivity contribution is 0.420. The Morgan fingerprint density at radius 2 is 1.78 bits per heavy atom. The maximum Gasteiger partial charge on any atom is 0.271 e. The quantitative estimate of drug-likeness (QED) is 0.695. The van der Waals surface area contributed by atoms with Gasteiger partial charge in [-0.2, -0.15) is 5.10 Å². The van der Waals surface area contributed by atoms with Crippen LogP contribution in [-0.4, -0.2) is 18.0 Å². The highest BCUT2D eigenvalue weighted by atomic mass is 16.5. The predicted octanol–water partition coefficient (Wildman–Crippen LogP) is 3.51. The van der Waals surface area contributed by atoms with Gasteiger partial charge in [0.15, 0.2) is 0 Å². The van der Waals surface area contributed by atoms with Crippen molar-refractivity contribution in [2.45, 2.75) is 13.8 Å². The third-order valence-corrected chi connectivity index (χ3v) is 3.78. The van der Waals surface area contributed by atoms with Crippen molar-refractivity contribution in [3.05, 3.63) is 75.7 Å². The average Bonchev–Trinajstić information content (AvgIpc) is 2.53. The molecule has 2 aromatic carbocycles. The SMILES string of the molecule is COc1ccc(C=Nn2c(C)cc(C)cc2=O)c2ccccc12. The summed E-state index contributed by atoms with van der Waals surface area (Å²) in [5.41, 5.74) is 2.56. The lowest BCUT2D eigenvalue weighted by atomic mass is 10.0. The molecular weight excluding hydrogens is 288 g/mol. The predicted molar refractivity (Wildman–Crippen MR) is 93.7 cm³/mol. The molecule has 0 spiro atoms. The first-order valence-corrected chi connectivity index (χ1v) is 7.40. The van der Waals surface area contributed by atoms with Gasteiger partial charge in [0.2, 0.25) is 0 Å². The van der Waals surface area contributed by atoms with E-state index in [9.17, 15) is 4.79 Å². The molecule has 0 N–H and O–H groups in total. The molecule has 4 nitrogen and oxygen atoms in total. The van der Waals surface area contributed by atoms with Crippen molar-refractivity contribution in [2.75, 3.05) is 7.11 Å². The summed E-state index contributed by atoms with van der Waals surface area (Å²) in [5, 5.41) is 6.42. The molecule has 0 saturated heterocycles. The number of pyridine rings is 1. The summed E-state index contributed by atoms with van der Waals surface area (Å²) in [4.78, 5) is 12.1. The number of fused-ring (bicyclic) bond motifs is 1. The largest absolute Gasteiger partial charge is 0.496 e. The molecule has 0 aliphatic heterocycles. The maximum atomic E-state index is 12.1.